The molecule has 3 aliphatic rings. The second kappa shape index (κ2) is 7.03. The Labute approximate surface area is 185 Å². The topological polar surface area (TPSA) is 102 Å². The molecule has 8 nitrogen and oxygen atoms in total. The molecule has 32 heavy (non-hydrogen) atoms. The molecule has 2 amide bonds. The number of anilines is 2. The minimum absolute atomic E-state index is 0.0631. The average molecular weight is 470 g/mol. The van der Waals surface area contributed by atoms with Gasteiger partial charge in [0.1, 0.15) is 12.4 Å². The van der Waals surface area contributed by atoms with E-state index in [-0.39, 0.29) is 66.9 Å². The van der Waals surface area contributed by atoms with Crippen molar-refractivity contribution < 1.29 is 27.5 Å². The third kappa shape index (κ3) is 3.35. The van der Waals surface area contributed by atoms with Gasteiger partial charge in [-0.2, -0.15) is 5.10 Å². The lowest BCUT2D eigenvalue weighted by molar-refractivity contribution is -0.132. The van der Waals surface area contributed by atoms with Gasteiger partial charge < -0.3 is 15.4 Å². The lowest BCUT2D eigenvalue weighted by atomic mass is 9.79. The molecule has 2 aromatic rings. The zero-order chi connectivity index (χ0) is 22.8. The lowest BCUT2D eigenvalue weighted by Crippen LogP contribution is -2.44. The molecule has 5 rings (SSSR count). The molecule has 1 aromatic heterocycles. The molecule has 1 saturated carbocycles. The molecule has 1 aliphatic carbocycles. The molecule has 170 valence electrons. The van der Waals surface area contributed by atoms with Gasteiger partial charge in [0.25, 0.3) is 0 Å². The van der Waals surface area contributed by atoms with E-state index in [1.165, 1.54) is 27.8 Å². The molecule has 2 aliphatic heterocycles. The van der Waals surface area contributed by atoms with Crippen LogP contribution in [0.15, 0.2) is 18.2 Å². The van der Waals surface area contributed by atoms with Gasteiger partial charge in [-0.25, -0.2) is 22.6 Å². The quantitative estimate of drug-likeness (QED) is 0.716. The maximum Gasteiger partial charge on any atom is 0.412 e. The number of carbonyl (C=O) groups is 2. The van der Waals surface area contributed by atoms with Crippen LogP contribution in [0.1, 0.15) is 36.4 Å². The second-order valence-corrected chi connectivity index (χ2v) is 8.88. The molecule has 3 N–H and O–H groups in total. The fraction of sp³-hybridized carbons (Fsp3) is 0.450. The predicted molar refractivity (Wildman–Crippen MR) is 108 cm³/mol. The molecule has 0 bridgehead atoms. The van der Waals surface area contributed by atoms with Crippen molar-refractivity contribution in [1.29, 1.82) is 0 Å². The van der Waals surface area contributed by atoms with Crippen LogP contribution >= 0.6 is 11.6 Å². The SMILES string of the molecule is Nc1cc(C2CC(F)(F)C2)nn1CC(=O)N1CC[C@@]2(C1)OC(=O)Nc1ccc(Cl)c(F)c12. The number of alkyl halides is 2. The Morgan fingerprint density at radius 2 is 2.12 bits per heavy atom. The molecular weight excluding hydrogens is 451 g/mol. The summed E-state index contributed by atoms with van der Waals surface area (Å²) < 4.78 is 47.9. The number of hydrogen-bond donors (Lipinski definition) is 2. The van der Waals surface area contributed by atoms with Crippen molar-refractivity contribution in [2.75, 3.05) is 24.1 Å². The molecular formula is C20H19ClF3N5O3. The number of aromatic nitrogens is 2. The van der Waals surface area contributed by atoms with E-state index in [4.69, 9.17) is 22.1 Å². The molecule has 1 aromatic carbocycles. The van der Waals surface area contributed by atoms with Crippen LogP contribution in [0.5, 0.6) is 0 Å². The second-order valence-electron chi connectivity index (χ2n) is 8.47. The largest absolute Gasteiger partial charge is 0.436 e. The summed E-state index contributed by atoms with van der Waals surface area (Å²) in [5.74, 6) is -3.98. The molecule has 1 saturated heterocycles. The Bertz CT molecular complexity index is 1130. The number of carbonyl (C=O) groups excluding carboxylic acids is 2. The Morgan fingerprint density at radius 1 is 1.38 bits per heavy atom. The van der Waals surface area contributed by atoms with Crippen LogP contribution in [0.25, 0.3) is 0 Å². The maximum atomic E-state index is 14.9. The van der Waals surface area contributed by atoms with E-state index in [1.54, 1.807) is 0 Å². The van der Waals surface area contributed by atoms with Crippen LogP contribution < -0.4 is 11.1 Å². The van der Waals surface area contributed by atoms with Gasteiger partial charge in [-0.1, -0.05) is 11.6 Å². The summed E-state index contributed by atoms with van der Waals surface area (Å²) in [6.45, 7) is -0.0745. The number of benzene rings is 1. The first-order valence-electron chi connectivity index (χ1n) is 10.0. The van der Waals surface area contributed by atoms with E-state index < -0.39 is 29.4 Å². The van der Waals surface area contributed by atoms with Crippen LogP contribution in [0.2, 0.25) is 5.02 Å². The van der Waals surface area contributed by atoms with Gasteiger partial charge in [-0.3, -0.25) is 10.1 Å². The fourth-order valence-corrected chi connectivity index (χ4v) is 4.78. The monoisotopic (exact) mass is 469 g/mol. The summed E-state index contributed by atoms with van der Waals surface area (Å²) in [7, 11) is 0. The number of ether oxygens (including phenoxy) is 1. The Morgan fingerprint density at radius 3 is 2.84 bits per heavy atom. The highest BCUT2D eigenvalue weighted by atomic mass is 35.5. The van der Waals surface area contributed by atoms with E-state index in [2.05, 4.69) is 10.4 Å². The van der Waals surface area contributed by atoms with Crippen molar-refractivity contribution >= 4 is 35.1 Å². The number of nitrogen functional groups attached to an aromatic ring is 1. The highest BCUT2D eigenvalue weighted by Crippen LogP contribution is 2.48. The Hall–Kier alpha value is -2.95. The van der Waals surface area contributed by atoms with Gasteiger partial charge in [0, 0.05) is 37.8 Å². The van der Waals surface area contributed by atoms with Crippen molar-refractivity contribution in [1.82, 2.24) is 14.7 Å². The van der Waals surface area contributed by atoms with E-state index in [9.17, 15) is 22.8 Å². The number of nitrogens with two attached hydrogens (primary N) is 1. The Kier molecular flexibility index (Phi) is 4.59. The summed E-state index contributed by atoms with van der Waals surface area (Å²) in [6.07, 6.45) is -1.14. The minimum atomic E-state index is -2.69. The van der Waals surface area contributed by atoms with E-state index in [1.807, 2.05) is 0 Å². The van der Waals surface area contributed by atoms with Gasteiger partial charge in [0.05, 0.1) is 28.5 Å². The van der Waals surface area contributed by atoms with Crippen molar-refractivity contribution in [3.8, 4) is 0 Å². The number of halogens is 4. The molecule has 2 fully saturated rings. The summed E-state index contributed by atoms with van der Waals surface area (Å²) in [5.41, 5.74) is 5.34. The third-order valence-electron chi connectivity index (χ3n) is 6.28. The zero-order valence-electron chi connectivity index (χ0n) is 16.7. The highest BCUT2D eigenvalue weighted by molar-refractivity contribution is 6.31. The summed E-state index contributed by atoms with van der Waals surface area (Å²) in [4.78, 5) is 26.4. The van der Waals surface area contributed by atoms with E-state index >= 15 is 0 Å². The minimum Gasteiger partial charge on any atom is -0.436 e. The van der Waals surface area contributed by atoms with Gasteiger partial charge in [0.2, 0.25) is 11.8 Å². The summed E-state index contributed by atoms with van der Waals surface area (Å²) >= 11 is 5.93. The molecule has 0 unspecified atom stereocenters. The molecule has 1 atom stereocenters. The smallest absolute Gasteiger partial charge is 0.412 e. The highest BCUT2D eigenvalue weighted by Gasteiger charge is 2.51. The number of hydrogen-bond acceptors (Lipinski definition) is 5. The van der Waals surface area contributed by atoms with E-state index in [0.29, 0.717) is 5.69 Å². The van der Waals surface area contributed by atoms with Gasteiger partial charge in [0.15, 0.2) is 11.4 Å². The average Bonchev–Trinajstić information content (AvgIpc) is 3.27. The first-order chi connectivity index (χ1) is 15.1. The number of fused-ring (bicyclic) bond motifs is 2. The standard InChI is InChI=1S/C20H19ClF3N5O3/c21-11-1-2-12-16(17(11)22)19(32-18(31)26-12)3-4-28(9-19)15(30)8-29-14(25)5-13(27-29)10-6-20(23,24)7-10/h1-2,5,10H,3-4,6-9,25H2,(H,26,31)/t19-/m0/s1. The lowest BCUT2D eigenvalue weighted by Gasteiger charge is -2.35. The summed E-state index contributed by atoms with van der Waals surface area (Å²) in [5, 5.41) is 6.56. The first-order valence-corrected chi connectivity index (χ1v) is 10.4. The van der Waals surface area contributed by atoms with Gasteiger partial charge >= 0.3 is 6.09 Å². The number of nitrogens with one attached hydrogen (secondary N) is 1. The summed E-state index contributed by atoms with van der Waals surface area (Å²) in [6, 6.07) is 4.33. The van der Waals surface area contributed by atoms with Crippen molar-refractivity contribution in [3.05, 3.63) is 40.3 Å². The van der Waals surface area contributed by atoms with Crippen LogP contribution in [0, 0.1) is 5.82 Å². The normalized spacial score (nSPS) is 24.1. The Balaban J connectivity index is 1.34. The molecule has 12 heteroatoms. The van der Waals surface area contributed by atoms with Gasteiger partial charge in [-0.15, -0.1) is 0 Å². The van der Waals surface area contributed by atoms with Crippen LogP contribution in [0.4, 0.5) is 29.5 Å². The van der Waals surface area contributed by atoms with Crippen molar-refractivity contribution in [2.45, 2.75) is 43.2 Å². The van der Waals surface area contributed by atoms with Crippen LogP contribution in [-0.4, -0.2) is 45.7 Å². The maximum absolute atomic E-state index is 14.9. The van der Waals surface area contributed by atoms with Crippen LogP contribution in [-0.2, 0) is 21.7 Å². The molecule has 1 spiro atoms. The number of likely N-dealkylation sites (tertiary alicyclic amines) is 1. The number of nitrogens with zero attached hydrogens (tertiary/aromatic N) is 3. The fourth-order valence-electron chi connectivity index (χ4n) is 4.62. The number of amides is 2. The van der Waals surface area contributed by atoms with E-state index in [0.717, 1.165) is 0 Å². The third-order valence-corrected chi connectivity index (χ3v) is 6.58. The van der Waals surface area contributed by atoms with Crippen molar-refractivity contribution in [2.24, 2.45) is 0 Å². The predicted octanol–water partition coefficient (Wildman–Crippen LogP) is 3.46. The van der Waals surface area contributed by atoms with Gasteiger partial charge in [-0.05, 0) is 12.1 Å². The molecule has 0 radical (unpaired) electrons. The zero-order valence-corrected chi connectivity index (χ0v) is 17.5. The van der Waals surface area contributed by atoms with Crippen LogP contribution in [0.3, 0.4) is 0 Å². The number of rotatable bonds is 3. The molecule has 3 heterocycles. The first kappa shape index (κ1) is 20.9. The van der Waals surface area contributed by atoms with Crippen molar-refractivity contribution in [3.63, 3.8) is 0 Å².